The Bertz CT molecular complexity index is 531. The minimum atomic E-state index is -0.445. The van der Waals surface area contributed by atoms with Crippen molar-refractivity contribution in [1.82, 2.24) is 5.43 Å². The van der Waals surface area contributed by atoms with E-state index in [-0.39, 0.29) is 19.0 Å². The molecule has 1 amide bonds. The van der Waals surface area contributed by atoms with E-state index in [0.29, 0.717) is 17.9 Å². The van der Waals surface area contributed by atoms with Gasteiger partial charge in [-0.2, -0.15) is 0 Å². The molecule has 0 aliphatic carbocycles. The molecule has 3 N–H and O–H groups in total. The Morgan fingerprint density at radius 1 is 1.35 bits per heavy atom. The fourth-order valence-electron chi connectivity index (χ4n) is 1.30. The standard InChI is InChI=1S/C14H16N2O4/c1-2-19-14(18)9-5-7-11-6-3-4-8-12(11)20-10-13(17)16-15/h3-4,6,8H,2,9-10,15H2,1H3,(H,16,17). The summed E-state index contributed by atoms with van der Waals surface area (Å²) in [6.07, 6.45) is 0.00542. The molecule has 0 aliphatic heterocycles. The predicted octanol–water partition coefficient (Wildman–Crippen LogP) is 0.360. The van der Waals surface area contributed by atoms with Crippen molar-refractivity contribution < 1.29 is 19.1 Å². The van der Waals surface area contributed by atoms with E-state index >= 15 is 0 Å². The topological polar surface area (TPSA) is 90.6 Å². The van der Waals surface area contributed by atoms with Crippen molar-refractivity contribution >= 4 is 11.9 Å². The minimum absolute atomic E-state index is 0.00542. The SMILES string of the molecule is CCOC(=O)CC#Cc1ccccc1OCC(=O)NN. The average Bonchev–Trinajstić information content (AvgIpc) is 2.46. The van der Waals surface area contributed by atoms with Crippen molar-refractivity contribution in [3.8, 4) is 17.6 Å². The van der Waals surface area contributed by atoms with E-state index in [0.717, 1.165) is 0 Å². The monoisotopic (exact) mass is 276 g/mol. The molecule has 0 fully saturated rings. The molecule has 0 atom stereocenters. The zero-order valence-corrected chi connectivity index (χ0v) is 11.1. The number of para-hydroxylation sites is 1. The summed E-state index contributed by atoms with van der Waals surface area (Å²) >= 11 is 0. The number of nitrogens with two attached hydrogens (primary N) is 1. The largest absolute Gasteiger partial charge is 0.482 e. The highest BCUT2D eigenvalue weighted by atomic mass is 16.5. The molecule has 106 valence electrons. The Hall–Kier alpha value is -2.52. The maximum atomic E-state index is 11.1. The van der Waals surface area contributed by atoms with Crippen LogP contribution in [0, 0.1) is 11.8 Å². The lowest BCUT2D eigenvalue weighted by Gasteiger charge is -2.06. The number of amides is 1. The molecule has 0 bridgehead atoms. The highest BCUT2D eigenvalue weighted by molar-refractivity contribution is 5.77. The van der Waals surface area contributed by atoms with Gasteiger partial charge in [-0.3, -0.25) is 15.0 Å². The van der Waals surface area contributed by atoms with Gasteiger partial charge < -0.3 is 9.47 Å². The molecule has 1 aromatic carbocycles. The van der Waals surface area contributed by atoms with Gasteiger partial charge in [-0.1, -0.05) is 24.0 Å². The van der Waals surface area contributed by atoms with Crippen LogP contribution in [0.4, 0.5) is 0 Å². The highest BCUT2D eigenvalue weighted by Gasteiger charge is 2.04. The summed E-state index contributed by atoms with van der Waals surface area (Å²) < 4.78 is 10.0. The lowest BCUT2D eigenvalue weighted by Crippen LogP contribution is -2.34. The minimum Gasteiger partial charge on any atom is -0.482 e. The Labute approximate surface area is 117 Å². The number of carbonyl (C=O) groups is 2. The third-order valence-electron chi connectivity index (χ3n) is 2.17. The first kappa shape index (κ1) is 15.5. The summed E-state index contributed by atoms with van der Waals surface area (Å²) in [5.41, 5.74) is 2.55. The normalized spacial score (nSPS) is 9.10. The molecule has 1 rings (SSSR count). The number of ether oxygens (including phenoxy) is 2. The molecule has 0 aliphatic rings. The van der Waals surface area contributed by atoms with Gasteiger partial charge in [-0.05, 0) is 19.1 Å². The van der Waals surface area contributed by atoms with Gasteiger partial charge in [0.1, 0.15) is 12.2 Å². The van der Waals surface area contributed by atoms with Gasteiger partial charge in [0, 0.05) is 0 Å². The fraction of sp³-hybridized carbons (Fsp3) is 0.286. The second-order valence-electron chi connectivity index (χ2n) is 3.64. The lowest BCUT2D eigenvalue weighted by atomic mass is 10.2. The summed E-state index contributed by atoms with van der Waals surface area (Å²) in [5.74, 6) is 10.1. The van der Waals surface area contributed by atoms with Gasteiger partial charge >= 0.3 is 5.97 Å². The Morgan fingerprint density at radius 2 is 2.10 bits per heavy atom. The van der Waals surface area contributed by atoms with Crippen LogP contribution in [0.1, 0.15) is 18.9 Å². The van der Waals surface area contributed by atoms with Crippen molar-refractivity contribution in [3.05, 3.63) is 29.8 Å². The first-order chi connectivity index (χ1) is 9.67. The van der Waals surface area contributed by atoms with Crippen LogP contribution in [0.2, 0.25) is 0 Å². The van der Waals surface area contributed by atoms with Gasteiger partial charge in [0.05, 0.1) is 12.2 Å². The average molecular weight is 276 g/mol. The number of benzene rings is 1. The van der Waals surface area contributed by atoms with E-state index in [1.807, 2.05) is 5.43 Å². The van der Waals surface area contributed by atoms with Crippen LogP contribution in [-0.4, -0.2) is 25.1 Å². The number of carbonyl (C=O) groups excluding carboxylic acids is 2. The zero-order chi connectivity index (χ0) is 14.8. The van der Waals surface area contributed by atoms with E-state index in [1.165, 1.54) is 0 Å². The number of esters is 1. The Balaban J connectivity index is 2.68. The zero-order valence-electron chi connectivity index (χ0n) is 11.1. The molecule has 0 heterocycles. The van der Waals surface area contributed by atoms with Gasteiger partial charge in [0.25, 0.3) is 5.91 Å². The number of hydrazine groups is 1. The van der Waals surface area contributed by atoms with Crippen molar-refractivity contribution in [3.63, 3.8) is 0 Å². The van der Waals surface area contributed by atoms with Crippen LogP contribution in [-0.2, 0) is 14.3 Å². The molecule has 0 saturated heterocycles. The molecule has 6 nitrogen and oxygen atoms in total. The molecule has 20 heavy (non-hydrogen) atoms. The highest BCUT2D eigenvalue weighted by Crippen LogP contribution is 2.16. The molecular formula is C14H16N2O4. The summed E-state index contributed by atoms with van der Waals surface area (Å²) in [6, 6.07) is 6.95. The Kier molecular flexibility index (Phi) is 6.65. The maximum Gasteiger partial charge on any atom is 0.317 e. The third-order valence-corrected chi connectivity index (χ3v) is 2.17. The summed E-state index contributed by atoms with van der Waals surface area (Å²) in [6.45, 7) is 1.86. The lowest BCUT2D eigenvalue weighted by molar-refractivity contribution is -0.141. The number of nitrogens with one attached hydrogen (secondary N) is 1. The number of hydrogen-bond donors (Lipinski definition) is 2. The quantitative estimate of drug-likeness (QED) is 0.266. The maximum absolute atomic E-state index is 11.1. The van der Waals surface area contributed by atoms with Crippen molar-refractivity contribution in [1.29, 1.82) is 0 Å². The molecule has 0 saturated carbocycles. The smallest absolute Gasteiger partial charge is 0.317 e. The second kappa shape index (κ2) is 8.56. The first-order valence-electron chi connectivity index (χ1n) is 6.03. The summed E-state index contributed by atoms with van der Waals surface area (Å²) in [7, 11) is 0. The van der Waals surface area contributed by atoms with Gasteiger partial charge in [0.15, 0.2) is 6.61 Å². The second-order valence-corrected chi connectivity index (χ2v) is 3.64. The number of hydrogen-bond acceptors (Lipinski definition) is 5. The van der Waals surface area contributed by atoms with Crippen molar-refractivity contribution in [2.45, 2.75) is 13.3 Å². The van der Waals surface area contributed by atoms with Crippen LogP contribution >= 0.6 is 0 Å². The van der Waals surface area contributed by atoms with Gasteiger partial charge in [-0.15, -0.1) is 0 Å². The van der Waals surface area contributed by atoms with Crippen molar-refractivity contribution in [2.24, 2.45) is 5.84 Å². The van der Waals surface area contributed by atoms with Crippen LogP contribution in [0.25, 0.3) is 0 Å². The molecule has 6 heteroatoms. The van der Waals surface area contributed by atoms with Crippen LogP contribution in [0.3, 0.4) is 0 Å². The third kappa shape index (κ3) is 5.42. The van der Waals surface area contributed by atoms with Crippen LogP contribution in [0.5, 0.6) is 5.75 Å². The van der Waals surface area contributed by atoms with Gasteiger partial charge in [0.2, 0.25) is 0 Å². The number of rotatable bonds is 5. The first-order valence-corrected chi connectivity index (χ1v) is 6.03. The predicted molar refractivity (Wildman–Crippen MR) is 72.4 cm³/mol. The van der Waals surface area contributed by atoms with E-state index in [9.17, 15) is 9.59 Å². The molecule has 0 aromatic heterocycles. The van der Waals surface area contributed by atoms with Gasteiger partial charge in [-0.25, -0.2) is 5.84 Å². The van der Waals surface area contributed by atoms with E-state index < -0.39 is 5.91 Å². The fourth-order valence-corrected chi connectivity index (χ4v) is 1.30. The van der Waals surface area contributed by atoms with E-state index in [4.69, 9.17) is 15.3 Å². The van der Waals surface area contributed by atoms with Crippen LogP contribution in [0.15, 0.2) is 24.3 Å². The van der Waals surface area contributed by atoms with E-state index in [1.54, 1.807) is 31.2 Å². The van der Waals surface area contributed by atoms with Crippen LogP contribution < -0.4 is 16.0 Å². The Morgan fingerprint density at radius 3 is 2.80 bits per heavy atom. The summed E-state index contributed by atoms with van der Waals surface area (Å²) in [5, 5.41) is 0. The van der Waals surface area contributed by atoms with Crippen molar-refractivity contribution in [2.75, 3.05) is 13.2 Å². The molecule has 1 aromatic rings. The molecule has 0 spiro atoms. The molecule has 0 radical (unpaired) electrons. The summed E-state index contributed by atoms with van der Waals surface area (Å²) in [4.78, 5) is 22.2. The molecular weight excluding hydrogens is 260 g/mol. The van der Waals surface area contributed by atoms with E-state index in [2.05, 4.69) is 11.8 Å². The molecule has 0 unspecified atom stereocenters.